The molecule has 4 aromatic rings. The van der Waals surface area contributed by atoms with Gasteiger partial charge in [-0.25, -0.2) is 4.98 Å². The summed E-state index contributed by atoms with van der Waals surface area (Å²) in [6.07, 6.45) is 8.79. The van der Waals surface area contributed by atoms with Crippen LogP contribution in [0.5, 0.6) is 0 Å². The number of rotatable bonds is 6. The highest BCUT2D eigenvalue weighted by molar-refractivity contribution is 9.10. The number of H-pyrrole nitrogens is 1. The van der Waals surface area contributed by atoms with Gasteiger partial charge in [0.2, 0.25) is 5.95 Å². The summed E-state index contributed by atoms with van der Waals surface area (Å²) in [5.41, 5.74) is 4.69. The molecular weight excluding hydrogens is 444 g/mol. The zero-order valence-electron chi connectivity index (χ0n) is 16.2. The molecule has 8 heteroatoms. The Kier molecular flexibility index (Phi) is 5.25. The second-order valence-electron chi connectivity index (χ2n) is 7.09. The molecule has 1 aliphatic heterocycles. The van der Waals surface area contributed by atoms with Crippen molar-refractivity contribution in [2.24, 2.45) is 0 Å². The van der Waals surface area contributed by atoms with Crippen LogP contribution >= 0.6 is 15.9 Å². The minimum Gasteiger partial charge on any atom is -0.467 e. The average molecular weight is 465 g/mol. The van der Waals surface area contributed by atoms with Crippen molar-refractivity contribution < 1.29 is 4.42 Å². The van der Waals surface area contributed by atoms with E-state index in [2.05, 4.69) is 71.2 Å². The highest BCUT2D eigenvalue weighted by Gasteiger charge is 2.12. The van der Waals surface area contributed by atoms with Crippen LogP contribution in [0.4, 0.5) is 17.5 Å². The van der Waals surface area contributed by atoms with Crippen molar-refractivity contribution in [3.63, 3.8) is 0 Å². The Labute approximate surface area is 182 Å². The first-order valence-corrected chi connectivity index (χ1v) is 10.6. The molecule has 0 radical (unpaired) electrons. The van der Waals surface area contributed by atoms with Crippen LogP contribution in [0.1, 0.15) is 17.7 Å². The van der Waals surface area contributed by atoms with E-state index >= 15 is 0 Å². The molecule has 4 heterocycles. The summed E-state index contributed by atoms with van der Waals surface area (Å²) in [6.45, 7) is 2.47. The van der Waals surface area contributed by atoms with E-state index in [0.29, 0.717) is 18.3 Å². The highest BCUT2D eigenvalue weighted by Crippen LogP contribution is 2.31. The van der Waals surface area contributed by atoms with Gasteiger partial charge in [0, 0.05) is 41.1 Å². The lowest BCUT2D eigenvalue weighted by Crippen LogP contribution is -2.19. The maximum atomic E-state index is 5.37. The summed E-state index contributed by atoms with van der Waals surface area (Å²) in [6, 6.07) is 10.0. The Morgan fingerprint density at radius 2 is 2.20 bits per heavy atom. The molecule has 0 saturated carbocycles. The van der Waals surface area contributed by atoms with Crippen molar-refractivity contribution in [2.45, 2.75) is 13.0 Å². The number of benzene rings is 1. The molecule has 5 rings (SSSR count). The van der Waals surface area contributed by atoms with Crippen molar-refractivity contribution in [3.8, 4) is 0 Å². The lowest BCUT2D eigenvalue weighted by molar-refractivity contribution is 0.517. The second kappa shape index (κ2) is 8.33. The van der Waals surface area contributed by atoms with Crippen LogP contribution in [0.15, 0.2) is 64.0 Å². The molecule has 0 fully saturated rings. The molecule has 30 heavy (non-hydrogen) atoms. The van der Waals surface area contributed by atoms with Gasteiger partial charge in [-0.1, -0.05) is 6.08 Å². The van der Waals surface area contributed by atoms with Gasteiger partial charge in [0.25, 0.3) is 0 Å². The highest BCUT2D eigenvalue weighted by atomic mass is 79.9. The summed E-state index contributed by atoms with van der Waals surface area (Å²) < 4.78 is 6.16. The van der Waals surface area contributed by atoms with Crippen molar-refractivity contribution in [1.29, 1.82) is 0 Å². The number of aromatic nitrogens is 3. The predicted molar refractivity (Wildman–Crippen MR) is 123 cm³/mol. The van der Waals surface area contributed by atoms with Crippen molar-refractivity contribution in [1.82, 2.24) is 20.3 Å². The number of nitrogens with zero attached hydrogens (tertiary/aromatic N) is 2. The van der Waals surface area contributed by atoms with Crippen LogP contribution in [-0.2, 0) is 6.54 Å². The molecule has 4 N–H and O–H groups in total. The lowest BCUT2D eigenvalue weighted by Gasteiger charge is -2.14. The number of hydrogen-bond donors (Lipinski definition) is 4. The number of halogens is 1. The molecule has 152 valence electrons. The van der Waals surface area contributed by atoms with Crippen LogP contribution in [0.25, 0.3) is 16.5 Å². The zero-order chi connectivity index (χ0) is 20.3. The SMILES string of the molecule is Brc1cnc(Nc2ccc3[nH]cc(C4=CCNCC4)c3c2)nc1NCc1ccco1. The number of aromatic amines is 1. The third-order valence-electron chi connectivity index (χ3n) is 5.10. The molecule has 0 atom stereocenters. The van der Waals surface area contributed by atoms with Crippen molar-refractivity contribution in [2.75, 3.05) is 23.7 Å². The van der Waals surface area contributed by atoms with E-state index < -0.39 is 0 Å². The fourth-order valence-corrected chi connectivity index (χ4v) is 3.93. The summed E-state index contributed by atoms with van der Waals surface area (Å²) in [5.74, 6) is 2.07. The molecule has 0 saturated heterocycles. The number of hydrogen-bond acceptors (Lipinski definition) is 6. The minimum absolute atomic E-state index is 0.526. The predicted octanol–water partition coefficient (Wildman–Crippen LogP) is 5.05. The van der Waals surface area contributed by atoms with Crippen LogP contribution in [0.3, 0.4) is 0 Å². The molecule has 0 bridgehead atoms. The van der Waals surface area contributed by atoms with E-state index in [-0.39, 0.29) is 0 Å². The first kappa shape index (κ1) is 18.9. The molecule has 3 aromatic heterocycles. The van der Waals surface area contributed by atoms with Crippen molar-refractivity contribution in [3.05, 3.63) is 70.9 Å². The Morgan fingerprint density at radius 3 is 3.03 bits per heavy atom. The topological polar surface area (TPSA) is 90.8 Å². The summed E-state index contributed by atoms with van der Waals surface area (Å²) >= 11 is 3.50. The standard InChI is InChI=1S/C22H21BrN6O/c23-19-13-27-22(29-21(19)26-11-16-2-1-9-30-16)28-15-3-4-20-17(10-15)18(12-25-20)14-5-7-24-8-6-14/h1-5,9-10,12-13,24-25H,6-8,11H2,(H2,26,27,28,29). The van der Waals surface area contributed by atoms with Gasteiger partial charge in [0.1, 0.15) is 11.6 Å². The number of nitrogens with one attached hydrogen (secondary N) is 4. The smallest absolute Gasteiger partial charge is 0.229 e. The Hall–Kier alpha value is -3.10. The van der Waals surface area contributed by atoms with E-state index in [1.807, 2.05) is 18.2 Å². The summed E-state index contributed by atoms with van der Waals surface area (Å²) in [4.78, 5) is 12.4. The van der Waals surface area contributed by atoms with Gasteiger partial charge in [0.15, 0.2) is 0 Å². The average Bonchev–Trinajstić information content (AvgIpc) is 3.44. The fraction of sp³-hybridized carbons (Fsp3) is 0.182. The third kappa shape index (κ3) is 3.96. The maximum absolute atomic E-state index is 5.37. The van der Waals surface area contributed by atoms with Crippen molar-refractivity contribution >= 4 is 49.9 Å². The van der Waals surface area contributed by atoms with E-state index in [1.165, 1.54) is 16.5 Å². The molecule has 0 amide bonds. The van der Waals surface area contributed by atoms with Gasteiger partial charge < -0.3 is 25.4 Å². The van der Waals surface area contributed by atoms with Gasteiger partial charge >= 0.3 is 0 Å². The van der Waals surface area contributed by atoms with Gasteiger partial charge in [-0.2, -0.15) is 4.98 Å². The second-order valence-corrected chi connectivity index (χ2v) is 7.95. The number of fused-ring (bicyclic) bond motifs is 1. The minimum atomic E-state index is 0.526. The number of furan rings is 1. The normalized spacial score (nSPS) is 14.0. The molecule has 0 unspecified atom stereocenters. The Morgan fingerprint density at radius 1 is 1.23 bits per heavy atom. The van der Waals surface area contributed by atoms with E-state index in [0.717, 1.165) is 40.9 Å². The molecule has 1 aliphatic rings. The first-order valence-electron chi connectivity index (χ1n) is 9.83. The summed E-state index contributed by atoms with van der Waals surface area (Å²) in [7, 11) is 0. The number of anilines is 3. The molecular formula is C22H21BrN6O. The Balaban J connectivity index is 1.38. The molecule has 0 aliphatic carbocycles. The molecule has 0 spiro atoms. The van der Waals surface area contributed by atoms with E-state index in [9.17, 15) is 0 Å². The maximum Gasteiger partial charge on any atom is 0.229 e. The van der Waals surface area contributed by atoms with Gasteiger partial charge in [-0.15, -0.1) is 0 Å². The van der Waals surface area contributed by atoms with Gasteiger partial charge in [-0.05, 0) is 64.8 Å². The quantitative estimate of drug-likeness (QED) is 0.319. The van der Waals surface area contributed by atoms with Gasteiger partial charge in [-0.3, -0.25) is 0 Å². The van der Waals surface area contributed by atoms with Crippen LogP contribution in [0, 0.1) is 0 Å². The monoisotopic (exact) mass is 464 g/mol. The van der Waals surface area contributed by atoms with Crippen LogP contribution < -0.4 is 16.0 Å². The molecule has 7 nitrogen and oxygen atoms in total. The summed E-state index contributed by atoms with van der Waals surface area (Å²) in [5, 5.41) is 11.2. The first-order chi connectivity index (χ1) is 14.8. The third-order valence-corrected chi connectivity index (χ3v) is 5.68. The van der Waals surface area contributed by atoms with Crippen LogP contribution in [0.2, 0.25) is 0 Å². The Bertz CT molecular complexity index is 1200. The van der Waals surface area contributed by atoms with E-state index in [4.69, 9.17) is 4.42 Å². The largest absolute Gasteiger partial charge is 0.467 e. The van der Waals surface area contributed by atoms with E-state index in [1.54, 1.807) is 12.5 Å². The zero-order valence-corrected chi connectivity index (χ0v) is 17.8. The van der Waals surface area contributed by atoms with Gasteiger partial charge in [0.05, 0.1) is 17.3 Å². The lowest BCUT2D eigenvalue weighted by atomic mass is 9.99. The van der Waals surface area contributed by atoms with Crippen LogP contribution in [-0.4, -0.2) is 28.0 Å². The molecule has 1 aromatic carbocycles. The fourth-order valence-electron chi connectivity index (χ4n) is 3.60.